The molecule has 0 heteroatoms. The molecule has 1 rings (SSSR count). The van der Waals surface area contributed by atoms with Gasteiger partial charge in [-0.3, -0.25) is 0 Å². The molecule has 0 aliphatic rings. The van der Waals surface area contributed by atoms with Gasteiger partial charge in [0.1, 0.15) is 0 Å². The van der Waals surface area contributed by atoms with Crippen LogP contribution in [0.2, 0.25) is 0 Å². The standard InChI is InChI=1S/C28H48/c1-2-3-4-5-6-7-8-9-10-11-12-13-14-15-16-17-18-19-20-22-25-28-26-23-21-24-27-28/h21-27H,2-20H2,1H3/b25-22+. The monoisotopic (exact) mass is 384 g/mol. The highest BCUT2D eigenvalue weighted by Crippen LogP contribution is 2.14. The van der Waals surface area contributed by atoms with E-state index >= 15 is 0 Å². The number of benzene rings is 1. The summed E-state index contributed by atoms with van der Waals surface area (Å²) in [7, 11) is 0. The van der Waals surface area contributed by atoms with Crippen LogP contribution in [0.3, 0.4) is 0 Å². The van der Waals surface area contributed by atoms with Gasteiger partial charge in [0.05, 0.1) is 0 Å². The molecule has 1 aromatic rings. The summed E-state index contributed by atoms with van der Waals surface area (Å²) in [5.74, 6) is 0. The Hall–Kier alpha value is -1.04. The third kappa shape index (κ3) is 17.1. The number of rotatable bonds is 20. The summed E-state index contributed by atoms with van der Waals surface area (Å²) < 4.78 is 0. The van der Waals surface area contributed by atoms with Crippen LogP contribution in [0.25, 0.3) is 6.08 Å². The summed E-state index contributed by atoms with van der Waals surface area (Å²) in [5.41, 5.74) is 1.32. The first-order valence-electron chi connectivity index (χ1n) is 12.6. The van der Waals surface area contributed by atoms with Crippen molar-refractivity contribution in [2.45, 2.75) is 129 Å². The van der Waals surface area contributed by atoms with E-state index in [0.29, 0.717) is 0 Å². The fourth-order valence-corrected chi connectivity index (χ4v) is 3.95. The fourth-order valence-electron chi connectivity index (χ4n) is 3.95. The van der Waals surface area contributed by atoms with Crippen LogP contribution in [-0.4, -0.2) is 0 Å². The molecule has 0 N–H and O–H groups in total. The van der Waals surface area contributed by atoms with Gasteiger partial charge in [-0.25, -0.2) is 0 Å². The van der Waals surface area contributed by atoms with E-state index in [1.165, 1.54) is 128 Å². The molecule has 0 amide bonds. The van der Waals surface area contributed by atoms with E-state index in [9.17, 15) is 0 Å². The zero-order chi connectivity index (χ0) is 20.0. The van der Waals surface area contributed by atoms with Gasteiger partial charge in [0.15, 0.2) is 0 Å². The van der Waals surface area contributed by atoms with E-state index in [2.05, 4.69) is 49.4 Å². The Morgan fingerprint density at radius 3 is 1.32 bits per heavy atom. The van der Waals surface area contributed by atoms with Gasteiger partial charge in [-0.2, -0.15) is 0 Å². The first kappa shape index (κ1) is 25.0. The molecular weight excluding hydrogens is 336 g/mol. The van der Waals surface area contributed by atoms with Crippen LogP contribution >= 0.6 is 0 Å². The molecule has 0 nitrogen and oxygen atoms in total. The molecule has 0 aromatic heterocycles. The van der Waals surface area contributed by atoms with Gasteiger partial charge in [0.25, 0.3) is 0 Å². The van der Waals surface area contributed by atoms with Crippen molar-refractivity contribution in [2.75, 3.05) is 0 Å². The Bertz CT molecular complexity index is 431. The largest absolute Gasteiger partial charge is 0.0839 e. The average Bonchev–Trinajstić information content (AvgIpc) is 2.73. The van der Waals surface area contributed by atoms with E-state index in [1.807, 2.05) is 0 Å². The summed E-state index contributed by atoms with van der Waals surface area (Å²) >= 11 is 0. The number of hydrogen-bond acceptors (Lipinski definition) is 0. The maximum Gasteiger partial charge on any atom is -0.0260 e. The van der Waals surface area contributed by atoms with Crippen LogP contribution in [0.15, 0.2) is 36.4 Å². The van der Waals surface area contributed by atoms with Gasteiger partial charge in [0.2, 0.25) is 0 Å². The lowest BCUT2D eigenvalue weighted by atomic mass is 10.0. The van der Waals surface area contributed by atoms with Gasteiger partial charge in [0, 0.05) is 0 Å². The lowest BCUT2D eigenvalue weighted by molar-refractivity contribution is 0.525. The smallest absolute Gasteiger partial charge is 0.0260 e. The summed E-state index contributed by atoms with van der Waals surface area (Å²) in [4.78, 5) is 0. The second kappa shape index (κ2) is 20.7. The quantitative estimate of drug-likeness (QED) is 0.196. The zero-order valence-corrected chi connectivity index (χ0v) is 19.0. The third-order valence-corrected chi connectivity index (χ3v) is 5.83. The molecule has 0 heterocycles. The third-order valence-electron chi connectivity index (χ3n) is 5.83. The second-order valence-corrected chi connectivity index (χ2v) is 8.61. The van der Waals surface area contributed by atoms with Crippen molar-refractivity contribution in [3.63, 3.8) is 0 Å². The summed E-state index contributed by atoms with van der Waals surface area (Å²) in [5, 5.41) is 0. The predicted molar refractivity (Wildman–Crippen MR) is 129 cm³/mol. The van der Waals surface area contributed by atoms with E-state index < -0.39 is 0 Å². The minimum absolute atomic E-state index is 1.23. The van der Waals surface area contributed by atoms with Crippen LogP contribution in [0.5, 0.6) is 0 Å². The maximum absolute atomic E-state index is 2.34. The van der Waals surface area contributed by atoms with Gasteiger partial charge in [-0.1, -0.05) is 159 Å². The molecule has 0 saturated carbocycles. The molecule has 0 bridgehead atoms. The normalized spacial score (nSPS) is 11.5. The van der Waals surface area contributed by atoms with Gasteiger partial charge >= 0.3 is 0 Å². The number of unbranched alkanes of at least 4 members (excludes halogenated alkanes) is 18. The number of hydrogen-bond donors (Lipinski definition) is 0. The Balaban J connectivity index is 1.70. The fraction of sp³-hybridized carbons (Fsp3) is 0.714. The topological polar surface area (TPSA) is 0 Å². The molecule has 0 saturated heterocycles. The molecule has 1 aromatic carbocycles. The lowest BCUT2D eigenvalue weighted by Crippen LogP contribution is -1.84. The highest BCUT2D eigenvalue weighted by Gasteiger charge is 1.95. The van der Waals surface area contributed by atoms with Gasteiger partial charge in [-0.05, 0) is 18.4 Å². The van der Waals surface area contributed by atoms with E-state index in [1.54, 1.807) is 0 Å². The molecule has 160 valence electrons. The first-order chi connectivity index (χ1) is 13.9. The van der Waals surface area contributed by atoms with Crippen LogP contribution < -0.4 is 0 Å². The second-order valence-electron chi connectivity index (χ2n) is 8.61. The van der Waals surface area contributed by atoms with Crippen molar-refractivity contribution in [1.82, 2.24) is 0 Å². The molecule has 0 aliphatic carbocycles. The van der Waals surface area contributed by atoms with Crippen molar-refractivity contribution in [3.8, 4) is 0 Å². The van der Waals surface area contributed by atoms with Crippen molar-refractivity contribution in [2.24, 2.45) is 0 Å². The average molecular weight is 385 g/mol. The Morgan fingerprint density at radius 2 is 0.893 bits per heavy atom. The summed E-state index contributed by atoms with van der Waals surface area (Å²) in [6.45, 7) is 2.30. The van der Waals surface area contributed by atoms with Gasteiger partial charge in [-0.15, -0.1) is 0 Å². The van der Waals surface area contributed by atoms with Crippen LogP contribution in [0.4, 0.5) is 0 Å². The Morgan fingerprint density at radius 1 is 0.500 bits per heavy atom. The van der Waals surface area contributed by atoms with Crippen molar-refractivity contribution >= 4 is 6.08 Å². The molecular formula is C28H48. The SMILES string of the molecule is CCCCCCCCCCCCCCCCCCCC/C=C/c1ccccc1. The minimum Gasteiger partial charge on any atom is -0.0839 e. The Kier molecular flexibility index (Phi) is 18.5. The molecule has 0 fully saturated rings. The van der Waals surface area contributed by atoms with E-state index in [-0.39, 0.29) is 0 Å². The molecule has 0 spiro atoms. The molecule has 0 radical (unpaired) electrons. The molecule has 0 aliphatic heterocycles. The van der Waals surface area contributed by atoms with Crippen molar-refractivity contribution < 1.29 is 0 Å². The minimum atomic E-state index is 1.23. The highest BCUT2D eigenvalue weighted by atomic mass is 14.0. The van der Waals surface area contributed by atoms with E-state index in [0.717, 1.165) is 0 Å². The lowest BCUT2D eigenvalue weighted by Gasteiger charge is -2.03. The molecule has 0 atom stereocenters. The van der Waals surface area contributed by atoms with E-state index in [4.69, 9.17) is 0 Å². The van der Waals surface area contributed by atoms with Gasteiger partial charge < -0.3 is 0 Å². The van der Waals surface area contributed by atoms with Crippen LogP contribution in [-0.2, 0) is 0 Å². The van der Waals surface area contributed by atoms with Crippen LogP contribution in [0.1, 0.15) is 134 Å². The van der Waals surface area contributed by atoms with Crippen molar-refractivity contribution in [1.29, 1.82) is 0 Å². The molecule has 28 heavy (non-hydrogen) atoms. The summed E-state index contributed by atoms with van der Waals surface area (Å²) in [6.07, 6.45) is 31.9. The maximum atomic E-state index is 2.34. The highest BCUT2D eigenvalue weighted by molar-refractivity contribution is 5.48. The number of allylic oxidation sites excluding steroid dienone is 1. The van der Waals surface area contributed by atoms with Crippen LogP contribution in [0, 0.1) is 0 Å². The zero-order valence-electron chi connectivity index (χ0n) is 19.0. The first-order valence-corrected chi connectivity index (χ1v) is 12.6. The summed E-state index contributed by atoms with van der Waals surface area (Å²) in [6, 6.07) is 10.6. The predicted octanol–water partition coefficient (Wildman–Crippen LogP) is 10.1. The van der Waals surface area contributed by atoms with Crippen molar-refractivity contribution in [3.05, 3.63) is 42.0 Å². The Labute approximate surface area is 177 Å². The molecule has 0 unspecified atom stereocenters.